The number of hydrogen-bond donors (Lipinski definition) is 1. The Morgan fingerprint density at radius 1 is 1.62 bits per heavy atom. The summed E-state index contributed by atoms with van der Waals surface area (Å²) in [7, 11) is 2.13. The van der Waals surface area contributed by atoms with Crippen molar-refractivity contribution < 1.29 is 0 Å². The highest BCUT2D eigenvalue weighted by molar-refractivity contribution is 7.99. The first kappa shape index (κ1) is 11.7. The molecule has 0 saturated carbocycles. The summed E-state index contributed by atoms with van der Waals surface area (Å²) in [5, 5.41) is 0. The summed E-state index contributed by atoms with van der Waals surface area (Å²) in [5.74, 6) is 3.52. The van der Waals surface area contributed by atoms with Crippen molar-refractivity contribution in [1.29, 1.82) is 0 Å². The zero-order valence-corrected chi connectivity index (χ0v) is 10.7. The van der Waals surface area contributed by atoms with E-state index in [1.165, 1.54) is 17.9 Å². The van der Waals surface area contributed by atoms with Crippen molar-refractivity contribution in [3.05, 3.63) is 23.9 Å². The number of thioether (sulfide) groups is 1. The summed E-state index contributed by atoms with van der Waals surface area (Å²) < 4.78 is 0. The third kappa shape index (κ3) is 2.50. The topological polar surface area (TPSA) is 42.1 Å². The number of anilines is 1. The first-order chi connectivity index (χ1) is 7.68. The van der Waals surface area contributed by atoms with Crippen LogP contribution in [0, 0.1) is 0 Å². The molecule has 2 N–H and O–H groups in total. The quantitative estimate of drug-likeness (QED) is 0.873. The van der Waals surface area contributed by atoms with Gasteiger partial charge in [0.25, 0.3) is 0 Å². The second-order valence-corrected chi connectivity index (χ2v) is 5.51. The molecule has 4 heteroatoms. The molecule has 0 amide bonds. The van der Waals surface area contributed by atoms with E-state index in [4.69, 9.17) is 5.73 Å². The Morgan fingerprint density at radius 2 is 2.44 bits per heavy atom. The lowest BCUT2D eigenvalue weighted by Crippen LogP contribution is -2.32. The maximum absolute atomic E-state index is 5.89. The average Bonchev–Trinajstić information content (AvgIpc) is 2.81. The molecular formula is C12H19N3S. The molecule has 1 unspecified atom stereocenters. The van der Waals surface area contributed by atoms with Gasteiger partial charge in [-0.25, -0.2) is 4.98 Å². The molecule has 2 heterocycles. The zero-order valence-electron chi connectivity index (χ0n) is 9.89. The fraction of sp³-hybridized carbons (Fsp3) is 0.583. The van der Waals surface area contributed by atoms with E-state index in [1.807, 2.05) is 30.9 Å². The third-order valence-electron chi connectivity index (χ3n) is 3.11. The van der Waals surface area contributed by atoms with Gasteiger partial charge in [-0.1, -0.05) is 0 Å². The van der Waals surface area contributed by atoms with Crippen molar-refractivity contribution in [1.82, 2.24) is 4.98 Å². The van der Waals surface area contributed by atoms with Crippen LogP contribution in [0.5, 0.6) is 0 Å². The molecular weight excluding hydrogens is 218 g/mol. The summed E-state index contributed by atoms with van der Waals surface area (Å²) in [6.45, 7) is 2.00. The van der Waals surface area contributed by atoms with E-state index in [0.29, 0.717) is 6.04 Å². The van der Waals surface area contributed by atoms with Crippen LogP contribution in [0.25, 0.3) is 0 Å². The van der Waals surface area contributed by atoms with Crippen molar-refractivity contribution in [3.63, 3.8) is 0 Å². The van der Waals surface area contributed by atoms with Crippen LogP contribution in [0.1, 0.15) is 24.9 Å². The number of rotatable bonds is 3. The van der Waals surface area contributed by atoms with Gasteiger partial charge in [-0.2, -0.15) is 11.8 Å². The Kier molecular flexibility index (Phi) is 3.71. The number of nitrogens with zero attached hydrogens (tertiary/aromatic N) is 2. The van der Waals surface area contributed by atoms with Gasteiger partial charge < -0.3 is 10.6 Å². The first-order valence-corrected chi connectivity index (χ1v) is 6.86. The number of nitrogens with two attached hydrogens (primary N) is 1. The van der Waals surface area contributed by atoms with Gasteiger partial charge in [0.2, 0.25) is 0 Å². The molecule has 2 atom stereocenters. The average molecular weight is 237 g/mol. The maximum atomic E-state index is 5.89. The summed E-state index contributed by atoms with van der Waals surface area (Å²) >= 11 is 2.02. The second-order valence-electron chi connectivity index (χ2n) is 4.36. The molecule has 0 spiro atoms. The molecule has 2 rings (SSSR count). The SMILES string of the molecule is C[C@@H](N)c1ccnc(N(C)C2CCSC2)c1. The van der Waals surface area contributed by atoms with Crippen LogP contribution >= 0.6 is 11.8 Å². The third-order valence-corrected chi connectivity index (χ3v) is 4.25. The lowest BCUT2D eigenvalue weighted by Gasteiger charge is -2.25. The molecule has 0 aromatic carbocycles. The molecule has 1 aliphatic rings. The Morgan fingerprint density at radius 3 is 3.06 bits per heavy atom. The van der Waals surface area contributed by atoms with Gasteiger partial charge >= 0.3 is 0 Å². The molecule has 1 aromatic rings. The number of pyridine rings is 1. The highest BCUT2D eigenvalue weighted by atomic mass is 32.2. The Labute approximate surface area is 101 Å². The van der Waals surface area contributed by atoms with Gasteiger partial charge in [0.05, 0.1) is 0 Å². The van der Waals surface area contributed by atoms with Gasteiger partial charge in [-0.05, 0) is 36.8 Å². The summed E-state index contributed by atoms with van der Waals surface area (Å²) in [4.78, 5) is 6.71. The smallest absolute Gasteiger partial charge is 0.128 e. The van der Waals surface area contributed by atoms with Crippen LogP contribution in [0.15, 0.2) is 18.3 Å². The molecule has 88 valence electrons. The minimum Gasteiger partial charge on any atom is -0.356 e. The van der Waals surface area contributed by atoms with Crippen molar-refractivity contribution in [2.75, 3.05) is 23.5 Å². The molecule has 1 aliphatic heterocycles. The van der Waals surface area contributed by atoms with E-state index in [2.05, 4.69) is 23.0 Å². The largest absolute Gasteiger partial charge is 0.356 e. The minimum atomic E-state index is 0.0769. The van der Waals surface area contributed by atoms with E-state index < -0.39 is 0 Å². The van der Waals surface area contributed by atoms with E-state index in [0.717, 1.165) is 11.4 Å². The van der Waals surface area contributed by atoms with Gasteiger partial charge in [0.15, 0.2) is 0 Å². The van der Waals surface area contributed by atoms with Crippen molar-refractivity contribution in [2.24, 2.45) is 5.73 Å². The standard InChI is InChI=1S/C12H19N3S/c1-9(13)10-3-5-14-12(7-10)15(2)11-4-6-16-8-11/h3,5,7,9,11H,4,6,8,13H2,1-2H3/t9-,11?/m1/s1. The van der Waals surface area contributed by atoms with E-state index >= 15 is 0 Å². The van der Waals surface area contributed by atoms with Gasteiger partial charge in [0, 0.05) is 31.1 Å². The number of aromatic nitrogens is 1. The summed E-state index contributed by atoms with van der Waals surface area (Å²) in [6.07, 6.45) is 3.11. The van der Waals surface area contributed by atoms with Crippen LogP contribution in [-0.4, -0.2) is 29.6 Å². The molecule has 1 saturated heterocycles. The lowest BCUT2D eigenvalue weighted by molar-refractivity contribution is 0.689. The Hall–Kier alpha value is -0.740. The molecule has 1 aromatic heterocycles. The van der Waals surface area contributed by atoms with Gasteiger partial charge in [-0.15, -0.1) is 0 Å². The molecule has 1 fully saturated rings. The van der Waals surface area contributed by atoms with Gasteiger partial charge in [-0.3, -0.25) is 0 Å². The summed E-state index contributed by atoms with van der Waals surface area (Å²) in [6, 6.07) is 4.80. The highest BCUT2D eigenvalue weighted by Crippen LogP contribution is 2.25. The lowest BCUT2D eigenvalue weighted by atomic mass is 10.1. The maximum Gasteiger partial charge on any atom is 0.128 e. The number of hydrogen-bond acceptors (Lipinski definition) is 4. The molecule has 0 radical (unpaired) electrons. The van der Waals surface area contributed by atoms with Crippen LogP contribution in [0.4, 0.5) is 5.82 Å². The molecule has 0 bridgehead atoms. The van der Waals surface area contributed by atoms with E-state index in [1.54, 1.807) is 0 Å². The predicted molar refractivity (Wildman–Crippen MR) is 71.0 cm³/mol. The normalized spacial score (nSPS) is 22.1. The van der Waals surface area contributed by atoms with Crippen molar-refractivity contribution >= 4 is 17.6 Å². The Balaban J connectivity index is 2.15. The van der Waals surface area contributed by atoms with Crippen molar-refractivity contribution in [2.45, 2.75) is 25.4 Å². The van der Waals surface area contributed by atoms with Crippen LogP contribution in [0.3, 0.4) is 0 Å². The predicted octanol–water partition coefficient (Wildman–Crippen LogP) is 2.04. The fourth-order valence-corrected chi connectivity index (χ4v) is 3.19. The molecule has 16 heavy (non-hydrogen) atoms. The highest BCUT2D eigenvalue weighted by Gasteiger charge is 2.21. The van der Waals surface area contributed by atoms with Crippen molar-refractivity contribution in [3.8, 4) is 0 Å². The molecule has 3 nitrogen and oxygen atoms in total. The van der Waals surface area contributed by atoms with Crippen LogP contribution in [0.2, 0.25) is 0 Å². The van der Waals surface area contributed by atoms with Crippen LogP contribution in [-0.2, 0) is 0 Å². The van der Waals surface area contributed by atoms with Gasteiger partial charge in [0.1, 0.15) is 5.82 Å². The monoisotopic (exact) mass is 237 g/mol. The Bertz CT molecular complexity index is 348. The van der Waals surface area contributed by atoms with Crippen LogP contribution < -0.4 is 10.6 Å². The summed E-state index contributed by atoms with van der Waals surface area (Å²) in [5.41, 5.74) is 7.04. The van der Waals surface area contributed by atoms with E-state index in [-0.39, 0.29) is 6.04 Å². The first-order valence-electron chi connectivity index (χ1n) is 5.70. The molecule has 0 aliphatic carbocycles. The fourth-order valence-electron chi connectivity index (χ4n) is 1.92. The zero-order chi connectivity index (χ0) is 11.5. The minimum absolute atomic E-state index is 0.0769. The van der Waals surface area contributed by atoms with E-state index in [9.17, 15) is 0 Å². The second kappa shape index (κ2) is 5.06.